The third-order valence-electron chi connectivity index (χ3n) is 4.51. The van der Waals surface area contributed by atoms with Crippen molar-refractivity contribution in [3.8, 4) is 5.75 Å². The quantitative estimate of drug-likeness (QED) is 0.470. The number of hydrogen-bond acceptors (Lipinski definition) is 5. The zero-order chi connectivity index (χ0) is 20.3. The Bertz CT molecular complexity index is 906. The Hall–Kier alpha value is -3.15. The van der Waals surface area contributed by atoms with Crippen molar-refractivity contribution in [2.45, 2.75) is 39.3 Å². The van der Waals surface area contributed by atoms with Gasteiger partial charge < -0.3 is 14.7 Å². The molecule has 1 aliphatic rings. The summed E-state index contributed by atoms with van der Waals surface area (Å²) < 4.78 is 5.68. The van der Waals surface area contributed by atoms with Crippen molar-refractivity contribution in [1.82, 2.24) is 9.88 Å². The first-order valence-corrected chi connectivity index (χ1v) is 9.39. The summed E-state index contributed by atoms with van der Waals surface area (Å²) in [5.41, 5.74) is 1.26. The number of carbonyl (C=O) groups is 2. The maximum absolute atomic E-state index is 12.8. The minimum absolute atomic E-state index is 0.0238. The molecule has 1 aromatic carbocycles. The normalized spacial score (nSPS) is 18.7. The molecule has 0 spiro atoms. The van der Waals surface area contributed by atoms with Crippen LogP contribution in [0.1, 0.15) is 44.4 Å². The van der Waals surface area contributed by atoms with Gasteiger partial charge in [0.15, 0.2) is 0 Å². The second-order valence-electron chi connectivity index (χ2n) is 6.97. The number of carbonyl (C=O) groups excluding carboxylic acids is 2. The molecule has 146 valence electrons. The molecule has 1 N–H and O–H groups in total. The van der Waals surface area contributed by atoms with E-state index in [2.05, 4.69) is 4.98 Å². The van der Waals surface area contributed by atoms with E-state index in [4.69, 9.17) is 4.74 Å². The number of benzene rings is 1. The van der Waals surface area contributed by atoms with Crippen molar-refractivity contribution >= 4 is 17.4 Å². The summed E-state index contributed by atoms with van der Waals surface area (Å²) in [4.78, 5) is 30.9. The van der Waals surface area contributed by atoms with Gasteiger partial charge in [0.1, 0.15) is 11.5 Å². The smallest absolute Gasteiger partial charge is 0.295 e. The van der Waals surface area contributed by atoms with Gasteiger partial charge in [-0.1, -0.05) is 19.1 Å². The Morgan fingerprint density at radius 1 is 1.21 bits per heavy atom. The standard InChI is InChI=1S/C22H24N2O4/c1-4-12-24-19(15-8-10-23-11-9-15)18(21(26)22(24)27)20(25)16-6-5-7-17(13-16)28-14(2)3/h5-11,13-14,19,25H,4,12H2,1-3H3/b20-18-. The van der Waals surface area contributed by atoms with Crippen LogP contribution in [0, 0.1) is 0 Å². The molecule has 3 rings (SSSR count). The molecule has 2 heterocycles. The summed E-state index contributed by atoms with van der Waals surface area (Å²) in [5, 5.41) is 11.0. The van der Waals surface area contributed by atoms with Gasteiger partial charge in [-0.15, -0.1) is 0 Å². The van der Waals surface area contributed by atoms with Gasteiger partial charge in [-0.25, -0.2) is 0 Å². The van der Waals surface area contributed by atoms with Crippen LogP contribution in [0.25, 0.3) is 5.76 Å². The fraction of sp³-hybridized carbons (Fsp3) is 0.318. The van der Waals surface area contributed by atoms with E-state index in [0.29, 0.717) is 24.3 Å². The van der Waals surface area contributed by atoms with Crippen LogP contribution in [0.15, 0.2) is 54.4 Å². The van der Waals surface area contributed by atoms with Gasteiger partial charge in [0.2, 0.25) is 0 Å². The number of nitrogens with zero attached hydrogens (tertiary/aromatic N) is 2. The summed E-state index contributed by atoms with van der Waals surface area (Å²) in [6.07, 6.45) is 3.90. The molecule has 1 aromatic heterocycles. The Balaban J connectivity index is 2.13. The second kappa shape index (κ2) is 8.25. The van der Waals surface area contributed by atoms with Gasteiger partial charge in [-0.3, -0.25) is 14.6 Å². The van der Waals surface area contributed by atoms with Gasteiger partial charge in [0.05, 0.1) is 17.7 Å². The lowest BCUT2D eigenvalue weighted by Gasteiger charge is -2.24. The van der Waals surface area contributed by atoms with E-state index in [1.54, 1.807) is 48.8 Å². The van der Waals surface area contributed by atoms with Crippen molar-refractivity contribution in [3.05, 3.63) is 65.5 Å². The molecule has 1 saturated heterocycles. The second-order valence-corrected chi connectivity index (χ2v) is 6.97. The largest absolute Gasteiger partial charge is 0.507 e. The minimum atomic E-state index is -0.678. The number of pyridine rings is 1. The van der Waals surface area contributed by atoms with E-state index >= 15 is 0 Å². The number of aliphatic hydroxyl groups is 1. The van der Waals surface area contributed by atoms with E-state index in [9.17, 15) is 14.7 Å². The van der Waals surface area contributed by atoms with Gasteiger partial charge in [0, 0.05) is 24.5 Å². The summed E-state index contributed by atoms with van der Waals surface area (Å²) in [5.74, 6) is -0.891. The first-order chi connectivity index (χ1) is 13.4. The van der Waals surface area contributed by atoms with E-state index in [-0.39, 0.29) is 17.4 Å². The Morgan fingerprint density at radius 2 is 1.93 bits per heavy atom. The van der Waals surface area contributed by atoms with E-state index < -0.39 is 17.7 Å². The molecule has 1 amide bonds. The Kier molecular flexibility index (Phi) is 5.78. The Morgan fingerprint density at radius 3 is 2.57 bits per heavy atom. The average molecular weight is 380 g/mol. The zero-order valence-electron chi connectivity index (χ0n) is 16.3. The molecule has 0 radical (unpaired) electrons. The number of ether oxygens (including phenoxy) is 1. The third kappa shape index (κ3) is 3.76. The SMILES string of the molecule is CCCN1C(=O)C(=O)/C(=C(\O)c2cccc(OC(C)C)c2)C1c1ccncc1. The maximum atomic E-state index is 12.8. The van der Waals surface area contributed by atoms with Crippen molar-refractivity contribution in [1.29, 1.82) is 0 Å². The number of aromatic nitrogens is 1. The topological polar surface area (TPSA) is 79.7 Å². The molecule has 0 bridgehead atoms. The van der Waals surface area contributed by atoms with Crippen LogP contribution < -0.4 is 4.74 Å². The van der Waals surface area contributed by atoms with Crippen LogP contribution >= 0.6 is 0 Å². The highest BCUT2D eigenvalue weighted by Crippen LogP contribution is 2.39. The van der Waals surface area contributed by atoms with E-state index in [0.717, 1.165) is 5.56 Å². The van der Waals surface area contributed by atoms with Crippen molar-refractivity contribution in [2.75, 3.05) is 6.54 Å². The van der Waals surface area contributed by atoms with Crippen LogP contribution in [0.3, 0.4) is 0 Å². The van der Waals surface area contributed by atoms with Crippen molar-refractivity contribution in [2.24, 2.45) is 0 Å². The molecule has 0 aliphatic carbocycles. The van der Waals surface area contributed by atoms with Crippen LogP contribution in [0.4, 0.5) is 0 Å². The first kappa shape index (κ1) is 19.6. The molecule has 1 atom stereocenters. The summed E-state index contributed by atoms with van der Waals surface area (Å²) in [7, 11) is 0. The van der Waals surface area contributed by atoms with Crippen molar-refractivity contribution < 1.29 is 19.4 Å². The molecule has 6 nitrogen and oxygen atoms in total. The average Bonchev–Trinajstić information content (AvgIpc) is 2.93. The lowest BCUT2D eigenvalue weighted by atomic mass is 9.96. The maximum Gasteiger partial charge on any atom is 0.295 e. The van der Waals surface area contributed by atoms with Crippen LogP contribution in [-0.4, -0.2) is 39.3 Å². The number of hydrogen-bond donors (Lipinski definition) is 1. The predicted molar refractivity (Wildman–Crippen MR) is 106 cm³/mol. The molecule has 28 heavy (non-hydrogen) atoms. The fourth-order valence-corrected chi connectivity index (χ4v) is 3.39. The summed E-state index contributed by atoms with van der Waals surface area (Å²) in [6, 6.07) is 9.77. The lowest BCUT2D eigenvalue weighted by molar-refractivity contribution is -0.139. The molecular formula is C22H24N2O4. The van der Waals surface area contributed by atoms with Crippen LogP contribution in [0.5, 0.6) is 5.75 Å². The van der Waals surface area contributed by atoms with Crippen LogP contribution in [0.2, 0.25) is 0 Å². The fourth-order valence-electron chi connectivity index (χ4n) is 3.39. The number of Topliss-reactive ketones (excluding diaryl/α,β-unsaturated/α-hetero) is 1. The highest BCUT2D eigenvalue weighted by molar-refractivity contribution is 6.46. The van der Waals surface area contributed by atoms with Crippen LogP contribution in [-0.2, 0) is 9.59 Å². The highest BCUT2D eigenvalue weighted by Gasteiger charge is 2.45. The van der Waals surface area contributed by atoms with E-state index in [1.807, 2.05) is 20.8 Å². The van der Waals surface area contributed by atoms with Crippen molar-refractivity contribution in [3.63, 3.8) is 0 Å². The number of amides is 1. The highest BCUT2D eigenvalue weighted by atomic mass is 16.5. The van der Waals surface area contributed by atoms with Gasteiger partial charge in [-0.2, -0.15) is 0 Å². The summed E-state index contributed by atoms with van der Waals surface area (Å²) >= 11 is 0. The Labute approximate surface area is 164 Å². The van der Waals surface area contributed by atoms with Gasteiger partial charge in [-0.05, 0) is 50.1 Å². The summed E-state index contributed by atoms with van der Waals surface area (Å²) in [6.45, 7) is 6.18. The predicted octanol–water partition coefficient (Wildman–Crippen LogP) is 3.70. The number of rotatable bonds is 6. The molecule has 2 aromatic rings. The molecule has 1 unspecified atom stereocenters. The molecular weight excluding hydrogens is 356 g/mol. The number of aliphatic hydroxyl groups excluding tert-OH is 1. The number of likely N-dealkylation sites (tertiary alicyclic amines) is 1. The molecule has 1 fully saturated rings. The molecule has 1 aliphatic heterocycles. The lowest BCUT2D eigenvalue weighted by Crippen LogP contribution is -2.30. The zero-order valence-corrected chi connectivity index (χ0v) is 16.3. The molecule has 6 heteroatoms. The first-order valence-electron chi connectivity index (χ1n) is 9.39. The third-order valence-corrected chi connectivity index (χ3v) is 4.51. The van der Waals surface area contributed by atoms with E-state index in [1.165, 1.54) is 4.90 Å². The van der Waals surface area contributed by atoms with Gasteiger partial charge >= 0.3 is 0 Å². The van der Waals surface area contributed by atoms with Gasteiger partial charge in [0.25, 0.3) is 11.7 Å². The molecule has 0 saturated carbocycles. The minimum Gasteiger partial charge on any atom is -0.507 e. The number of ketones is 1. The monoisotopic (exact) mass is 380 g/mol.